The first-order valence-electron chi connectivity index (χ1n) is 7.35. The molecule has 1 heterocycles. The molecule has 2 nitrogen and oxygen atoms in total. The lowest BCUT2D eigenvalue weighted by Gasteiger charge is -2.31. The van der Waals surface area contributed by atoms with Crippen molar-refractivity contribution in [1.29, 1.82) is 0 Å². The van der Waals surface area contributed by atoms with Crippen LogP contribution < -0.4 is 5.32 Å². The van der Waals surface area contributed by atoms with Gasteiger partial charge in [0.1, 0.15) is 0 Å². The van der Waals surface area contributed by atoms with Crippen molar-refractivity contribution in [2.24, 2.45) is 10.9 Å². The Morgan fingerprint density at radius 2 is 2.00 bits per heavy atom. The summed E-state index contributed by atoms with van der Waals surface area (Å²) in [5.74, 6) is 2.18. The lowest BCUT2D eigenvalue weighted by atomic mass is 9.95. The first-order chi connectivity index (χ1) is 8.85. The van der Waals surface area contributed by atoms with Crippen molar-refractivity contribution in [1.82, 2.24) is 5.32 Å². The van der Waals surface area contributed by atoms with E-state index in [1.165, 1.54) is 55.9 Å². The molecule has 0 bridgehead atoms. The Balaban J connectivity index is 1.51. The number of nitrogens with zero attached hydrogens (tertiary/aromatic N) is 1. The minimum atomic E-state index is 0.649. The predicted molar refractivity (Wildman–Crippen MR) is 83.7 cm³/mol. The Morgan fingerprint density at radius 1 is 1.17 bits per heavy atom. The summed E-state index contributed by atoms with van der Waals surface area (Å²) in [6.07, 6.45) is 11.8. The van der Waals surface area contributed by atoms with E-state index >= 15 is 0 Å². The summed E-state index contributed by atoms with van der Waals surface area (Å²) in [5, 5.41) is 5.88. The molecule has 4 heteroatoms. The zero-order valence-corrected chi connectivity index (χ0v) is 12.9. The van der Waals surface area contributed by atoms with E-state index in [0.717, 1.165) is 11.2 Å². The van der Waals surface area contributed by atoms with Gasteiger partial charge in [0.15, 0.2) is 5.17 Å². The van der Waals surface area contributed by atoms with Gasteiger partial charge >= 0.3 is 0 Å². The summed E-state index contributed by atoms with van der Waals surface area (Å²) >= 11 is 4.02. The van der Waals surface area contributed by atoms with Crippen molar-refractivity contribution >= 4 is 28.7 Å². The second kappa shape index (κ2) is 6.08. The van der Waals surface area contributed by atoms with Gasteiger partial charge in [-0.1, -0.05) is 18.2 Å². The molecule has 3 aliphatic rings. The van der Waals surface area contributed by atoms with Gasteiger partial charge in [-0.25, -0.2) is 0 Å². The molecule has 0 radical (unpaired) electrons. The number of aliphatic imine (C=N–C) groups is 1. The minimum Gasteiger partial charge on any atom is -0.362 e. The molecule has 1 aliphatic heterocycles. The predicted octanol–water partition coefficient (Wildman–Crippen LogP) is 3.52. The molecule has 2 unspecified atom stereocenters. The van der Waals surface area contributed by atoms with Crippen LogP contribution in [0.4, 0.5) is 0 Å². The van der Waals surface area contributed by atoms with E-state index in [-0.39, 0.29) is 0 Å². The van der Waals surface area contributed by atoms with Gasteiger partial charge in [-0.3, -0.25) is 4.99 Å². The molecular weight excluding hydrogens is 260 g/mol. The zero-order valence-electron chi connectivity index (χ0n) is 11.2. The molecule has 2 fully saturated rings. The maximum atomic E-state index is 4.94. The summed E-state index contributed by atoms with van der Waals surface area (Å²) in [6, 6.07) is 1.34. The average molecular weight is 284 g/mol. The van der Waals surface area contributed by atoms with E-state index in [9.17, 15) is 0 Å². The highest BCUT2D eigenvalue weighted by Gasteiger charge is 2.31. The van der Waals surface area contributed by atoms with Crippen LogP contribution >= 0.6 is 23.5 Å². The summed E-state index contributed by atoms with van der Waals surface area (Å²) in [6.45, 7) is 0. The molecule has 1 N–H and O–H groups in total. The number of amidine groups is 1. The van der Waals surface area contributed by atoms with Crippen molar-refractivity contribution in [3.8, 4) is 0 Å². The normalized spacial score (nSPS) is 40.2. The number of hydrogen-bond donors (Lipinski definition) is 1. The fourth-order valence-electron chi connectivity index (χ4n) is 3.45. The van der Waals surface area contributed by atoms with E-state index in [1.54, 1.807) is 0 Å². The van der Waals surface area contributed by atoms with Crippen molar-refractivity contribution in [2.45, 2.75) is 62.3 Å². The van der Waals surface area contributed by atoms with Gasteiger partial charge in [0, 0.05) is 17.0 Å². The largest absolute Gasteiger partial charge is 0.362 e. The van der Waals surface area contributed by atoms with E-state index in [2.05, 4.69) is 11.6 Å². The fourth-order valence-corrected chi connectivity index (χ4v) is 5.42. The van der Waals surface area contributed by atoms with Gasteiger partial charge in [0.25, 0.3) is 0 Å². The molecule has 0 aromatic carbocycles. The van der Waals surface area contributed by atoms with Crippen LogP contribution in [0.3, 0.4) is 0 Å². The van der Waals surface area contributed by atoms with Gasteiger partial charge in [0.2, 0.25) is 0 Å². The minimum absolute atomic E-state index is 0.649. The van der Waals surface area contributed by atoms with Crippen molar-refractivity contribution in [2.75, 3.05) is 12.0 Å². The molecule has 2 saturated carbocycles. The van der Waals surface area contributed by atoms with E-state index in [4.69, 9.17) is 4.99 Å². The third-order valence-corrected chi connectivity index (χ3v) is 6.90. The van der Waals surface area contributed by atoms with Crippen molar-refractivity contribution in [3.63, 3.8) is 0 Å². The fraction of sp³-hybridized carbons (Fsp3) is 0.929. The second-order valence-corrected chi connectivity index (χ2v) is 8.00. The molecule has 0 aromatic heterocycles. The number of hydrogen-bond acceptors (Lipinski definition) is 4. The summed E-state index contributed by atoms with van der Waals surface area (Å²) in [4.78, 5) is 4.94. The second-order valence-electron chi connectivity index (χ2n) is 5.86. The molecule has 18 heavy (non-hydrogen) atoms. The molecule has 2 atom stereocenters. The monoisotopic (exact) mass is 284 g/mol. The van der Waals surface area contributed by atoms with Gasteiger partial charge in [-0.05, 0) is 50.7 Å². The highest BCUT2D eigenvalue weighted by atomic mass is 32.2. The molecule has 0 amide bonds. The van der Waals surface area contributed by atoms with Crippen LogP contribution in [0.1, 0.15) is 44.9 Å². The van der Waals surface area contributed by atoms with Crippen LogP contribution in [0.2, 0.25) is 0 Å². The third kappa shape index (κ3) is 3.01. The Labute approximate surface area is 119 Å². The Morgan fingerprint density at radius 3 is 2.78 bits per heavy atom. The van der Waals surface area contributed by atoms with Crippen LogP contribution in [0, 0.1) is 5.92 Å². The molecule has 0 saturated heterocycles. The zero-order chi connectivity index (χ0) is 12.4. The van der Waals surface area contributed by atoms with Crippen molar-refractivity contribution < 1.29 is 0 Å². The lowest BCUT2D eigenvalue weighted by molar-refractivity contribution is 0.421. The molecule has 102 valence electrons. The van der Waals surface area contributed by atoms with E-state index < -0.39 is 0 Å². The van der Waals surface area contributed by atoms with E-state index in [1.807, 2.05) is 23.5 Å². The maximum Gasteiger partial charge on any atom is 0.157 e. The Kier molecular flexibility index (Phi) is 4.45. The molecular formula is C14H24N2S2. The topological polar surface area (TPSA) is 24.4 Å². The van der Waals surface area contributed by atoms with Crippen LogP contribution in [-0.2, 0) is 0 Å². The summed E-state index contributed by atoms with van der Waals surface area (Å²) in [7, 11) is 0. The maximum absolute atomic E-state index is 4.94. The number of rotatable bonds is 2. The lowest BCUT2D eigenvalue weighted by Crippen LogP contribution is -2.39. The van der Waals surface area contributed by atoms with Gasteiger partial charge in [-0.15, -0.1) is 0 Å². The van der Waals surface area contributed by atoms with Crippen molar-refractivity contribution in [3.05, 3.63) is 0 Å². The molecule has 2 aliphatic carbocycles. The van der Waals surface area contributed by atoms with Gasteiger partial charge in [-0.2, -0.15) is 11.8 Å². The Bertz CT molecular complexity index is 311. The molecule has 0 aromatic rings. The van der Waals surface area contributed by atoms with Crippen LogP contribution in [0.15, 0.2) is 4.99 Å². The first kappa shape index (κ1) is 13.2. The van der Waals surface area contributed by atoms with Crippen LogP contribution in [0.5, 0.6) is 0 Å². The molecule has 3 rings (SSSR count). The van der Waals surface area contributed by atoms with E-state index in [0.29, 0.717) is 12.1 Å². The molecule has 0 spiro atoms. The van der Waals surface area contributed by atoms with Crippen LogP contribution in [0.25, 0.3) is 0 Å². The highest BCUT2D eigenvalue weighted by molar-refractivity contribution is 8.13. The average Bonchev–Trinajstić information content (AvgIpc) is 2.87. The van der Waals surface area contributed by atoms with Gasteiger partial charge in [0.05, 0.1) is 6.04 Å². The standard InChI is InChI=1S/C14H24N2S2/c1-17-12-7-5-11(6-8-12)15-14-16-13-4-2-3-10(13)9-18-14/h10-13H,2-9H2,1H3,(H,15,16). The third-order valence-electron chi connectivity index (χ3n) is 4.67. The summed E-state index contributed by atoms with van der Waals surface area (Å²) < 4.78 is 0. The number of nitrogens with one attached hydrogen (secondary N) is 1. The first-order valence-corrected chi connectivity index (χ1v) is 9.62. The SMILES string of the molecule is CSC1CCC(NC2=NC3CCCC3CS2)CC1. The quantitative estimate of drug-likeness (QED) is 0.839. The summed E-state index contributed by atoms with van der Waals surface area (Å²) in [5.41, 5.74) is 0. The number of fused-ring (bicyclic) bond motifs is 1. The van der Waals surface area contributed by atoms with Crippen LogP contribution in [-0.4, -0.2) is 34.5 Å². The smallest absolute Gasteiger partial charge is 0.157 e. The Hall–Kier alpha value is 0.170. The van der Waals surface area contributed by atoms with Gasteiger partial charge < -0.3 is 5.32 Å². The number of thioether (sulfide) groups is 2. The highest BCUT2D eigenvalue weighted by Crippen LogP contribution is 2.35.